The van der Waals surface area contributed by atoms with Crippen molar-refractivity contribution in [3.63, 3.8) is 0 Å². The van der Waals surface area contributed by atoms with Crippen LogP contribution in [0.3, 0.4) is 0 Å². The number of hydrogen-bond acceptors (Lipinski definition) is 5. The Morgan fingerprint density at radius 1 is 0.977 bits per heavy atom. The van der Waals surface area contributed by atoms with Crippen molar-refractivity contribution in [2.75, 3.05) is 25.9 Å². The zero-order chi connectivity index (χ0) is 30.5. The SMILES string of the molecule is CCNC(=O)[C@]1(Cc2ccccc2)CCCN(C(=O)C(Cc2ccc3ccccc3c2)NC(=O)C2(SC)CCC(N)C2)C1. The standard InChI is InChI=1S/C35H44N4O3S/c1-3-37-32(41)34(22-25-10-5-4-6-11-25)17-9-19-39(24-34)31(40)30(38-33(42)35(43-2)18-16-29(36)23-35)21-26-14-15-27-12-7-8-13-28(27)20-26/h4-8,10-15,20,29-30H,3,9,16-19,21-24,36H2,1-2H3,(H,37,41)(H,38,42)/t29?,30?,34-,35?/m0/s1. The Labute approximate surface area is 259 Å². The summed E-state index contributed by atoms with van der Waals surface area (Å²) in [5, 5.41) is 8.46. The maximum absolute atomic E-state index is 14.4. The molecule has 0 radical (unpaired) electrons. The van der Waals surface area contributed by atoms with Crippen LogP contribution in [-0.4, -0.2) is 65.3 Å². The van der Waals surface area contributed by atoms with Gasteiger partial charge >= 0.3 is 0 Å². The molecule has 0 spiro atoms. The lowest BCUT2D eigenvalue weighted by atomic mass is 9.74. The van der Waals surface area contributed by atoms with Crippen LogP contribution in [0.2, 0.25) is 0 Å². The Morgan fingerprint density at radius 3 is 2.42 bits per heavy atom. The molecular weight excluding hydrogens is 556 g/mol. The zero-order valence-corrected chi connectivity index (χ0v) is 26.1. The highest BCUT2D eigenvalue weighted by atomic mass is 32.2. The summed E-state index contributed by atoms with van der Waals surface area (Å²) in [5.41, 5.74) is 7.57. The fraction of sp³-hybridized carbons (Fsp3) is 0.457. The lowest BCUT2D eigenvalue weighted by Gasteiger charge is -2.43. The number of nitrogens with two attached hydrogens (primary N) is 1. The van der Waals surface area contributed by atoms with Crippen molar-refractivity contribution in [1.82, 2.24) is 15.5 Å². The van der Waals surface area contributed by atoms with Crippen molar-refractivity contribution >= 4 is 40.3 Å². The van der Waals surface area contributed by atoms with E-state index in [0.29, 0.717) is 51.7 Å². The van der Waals surface area contributed by atoms with E-state index >= 15 is 0 Å². The Kier molecular flexibility index (Phi) is 9.77. The van der Waals surface area contributed by atoms with Crippen molar-refractivity contribution in [2.45, 2.75) is 68.7 Å². The minimum atomic E-state index is -0.753. The molecule has 2 fully saturated rings. The average Bonchev–Trinajstić information content (AvgIpc) is 3.43. The number of fused-ring (bicyclic) bond motifs is 1. The van der Waals surface area contributed by atoms with Gasteiger partial charge in [-0.1, -0.05) is 72.8 Å². The van der Waals surface area contributed by atoms with Crippen LogP contribution >= 0.6 is 11.8 Å². The normalized spacial score (nSPS) is 24.4. The molecule has 2 aliphatic rings. The number of thioether (sulfide) groups is 1. The Bertz CT molecular complexity index is 1450. The second kappa shape index (κ2) is 13.5. The highest BCUT2D eigenvalue weighted by molar-refractivity contribution is 8.00. The van der Waals surface area contributed by atoms with E-state index in [0.717, 1.165) is 34.7 Å². The van der Waals surface area contributed by atoms with Gasteiger partial charge in [-0.2, -0.15) is 0 Å². The summed E-state index contributed by atoms with van der Waals surface area (Å²) in [6.07, 6.45) is 6.37. The molecule has 0 bridgehead atoms. The molecule has 0 aromatic heterocycles. The molecular formula is C35H44N4O3S. The molecule has 3 aromatic carbocycles. The van der Waals surface area contributed by atoms with Gasteiger partial charge in [0.05, 0.1) is 10.2 Å². The smallest absolute Gasteiger partial charge is 0.245 e. The fourth-order valence-corrected chi connectivity index (χ4v) is 7.85. The van der Waals surface area contributed by atoms with Crippen molar-refractivity contribution in [3.05, 3.63) is 83.9 Å². The first-order chi connectivity index (χ1) is 20.8. The Balaban J connectivity index is 1.44. The average molecular weight is 601 g/mol. The zero-order valence-electron chi connectivity index (χ0n) is 25.3. The minimum Gasteiger partial charge on any atom is -0.356 e. The molecule has 1 saturated carbocycles. The predicted octanol–water partition coefficient (Wildman–Crippen LogP) is 4.47. The summed E-state index contributed by atoms with van der Waals surface area (Å²) in [5.74, 6) is -0.280. The maximum Gasteiger partial charge on any atom is 0.245 e. The van der Waals surface area contributed by atoms with Gasteiger partial charge in [0.25, 0.3) is 0 Å². The van der Waals surface area contributed by atoms with E-state index < -0.39 is 16.2 Å². The predicted molar refractivity (Wildman–Crippen MR) is 175 cm³/mol. The van der Waals surface area contributed by atoms with Crippen LogP contribution in [0, 0.1) is 5.41 Å². The van der Waals surface area contributed by atoms with Crippen LogP contribution in [0.1, 0.15) is 50.2 Å². The van der Waals surface area contributed by atoms with Gasteiger partial charge in [0, 0.05) is 32.1 Å². The van der Waals surface area contributed by atoms with Crippen LogP contribution in [-0.2, 0) is 27.2 Å². The largest absolute Gasteiger partial charge is 0.356 e. The third-order valence-corrected chi connectivity index (χ3v) is 10.6. The number of carbonyl (C=O) groups excluding carboxylic acids is 3. The number of rotatable bonds is 10. The number of carbonyl (C=O) groups is 3. The molecule has 8 heteroatoms. The number of piperidine rings is 1. The fourth-order valence-electron chi connectivity index (χ4n) is 6.91. The summed E-state index contributed by atoms with van der Waals surface area (Å²) in [6, 6.07) is 23.6. The topological polar surface area (TPSA) is 105 Å². The van der Waals surface area contributed by atoms with Crippen LogP contribution < -0.4 is 16.4 Å². The summed E-state index contributed by atoms with van der Waals surface area (Å²) in [7, 11) is 0. The summed E-state index contributed by atoms with van der Waals surface area (Å²) in [4.78, 5) is 43.8. The van der Waals surface area contributed by atoms with Gasteiger partial charge in [-0.05, 0) is 73.6 Å². The van der Waals surface area contributed by atoms with Gasteiger partial charge in [0.15, 0.2) is 0 Å². The number of benzene rings is 3. The first-order valence-corrected chi connectivity index (χ1v) is 16.7. The van der Waals surface area contributed by atoms with Gasteiger partial charge < -0.3 is 21.3 Å². The summed E-state index contributed by atoms with van der Waals surface area (Å²) < 4.78 is -0.638. The van der Waals surface area contributed by atoms with E-state index in [4.69, 9.17) is 5.73 Å². The van der Waals surface area contributed by atoms with Crippen molar-refractivity contribution in [2.24, 2.45) is 11.1 Å². The second-order valence-corrected chi connectivity index (χ2v) is 13.5. The monoisotopic (exact) mass is 600 g/mol. The first-order valence-electron chi connectivity index (χ1n) is 15.5. The number of likely N-dealkylation sites (tertiary alicyclic amines) is 1. The van der Waals surface area contributed by atoms with Gasteiger partial charge in [0.2, 0.25) is 17.7 Å². The summed E-state index contributed by atoms with van der Waals surface area (Å²) in [6.45, 7) is 3.32. The lowest BCUT2D eigenvalue weighted by Crippen LogP contribution is -2.59. The molecule has 43 heavy (non-hydrogen) atoms. The van der Waals surface area contributed by atoms with E-state index in [9.17, 15) is 14.4 Å². The molecule has 1 heterocycles. The van der Waals surface area contributed by atoms with E-state index in [1.165, 1.54) is 11.8 Å². The maximum atomic E-state index is 14.4. The van der Waals surface area contributed by atoms with Gasteiger partial charge in [-0.25, -0.2) is 0 Å². The Hall–Kier alpha value is -3.36. The quantitative estimate of drug-likeness (QED) is 0.319. The van der Waals surface area contributed by atoms with Crippen molar-refractivity contribution < 1.29 is 14.4 Å². The number of amides is 3. The second-order valence-electron chi connectivity index (χ2n) is 12.3. The Morgan fingerprint density at radius 2 is 1.72 bits per heavy atom. The van der Waals surface area contributed by atoms with Crippen LogP contribution in [0.25, 0.3) is 10.8 Å². The molecule has 5 rings (SSSR count). The molecule has 1 aliphatic heterocycles. The molecule has 3 unspecified atom stereocenters. The van der Waals surface area contributed by atoms with Crippen LogP contribution in [0.5, 0.6) is 0 Å². The molecule has 1 saturated heterocycles. The molecule has 1 aliphatic carbocycles. The third kappa shape index (κ3) is 6.91. The van der Waals surface area contributed by atoms with E-state index in [1.54, 1.807) is 0 Å². The van der Waals surface area contributed by atoms with Crippen LogP contribution in [0.4, 0.5) is 0 Å². The molecule has 3 amide bonds. The first kappa shape index (κ1) is 31.1. The van der Waals surface area contributed by atoms with E-state index in [2.05, 4.69) is 34.9 Å². The highest BCUT2D eigenvalue weighted by Crippen LogP contribution is 2.40. The number of hydrogen-bond donors (Lipinski definition) is 3. The van der Waals surface area contributed by atoms with Gasteiger partial charge in [0.1, 0.15) is 6.04 Å². The van der Waals surface area contributed by atoms with Crippen LogP contribution in [0.15, 0.2) is 72.8 Å². The molecule has 4 N–H and O–H groups in total. The molecule has 228 valence electrons. The van der Waals surface area contributed by atoms with E-state index in [1.807, 2.05) is 66.6 Å². The van der Waals surface area contributed by atoms with Gasteiger partial charge in [-0.15, -0.1) is 11.8 Å². The molecule has 7 nitrogen and oxygen atoms in total. The highest BCUT2D eigenvalue weighted by Gasteiger charge is 2.47. The van der Waals surface area contributed by atoms with E-state index in [-0.39, 0.29) is 23.8 Å². The number of nitrogens with one attached hydrogen (secondary N) is 2. The molecule has 4 atom stereocenters. The van der Waals surface area contributed by atoms with Gasteiger partial charge in [-0.3, -0.25) is 14.4 Å². The minimum absolute atomic E-state index is 0.0206. The molecule has 3 aromatic rings. The summed E-state index contributed by atoms with van der Waals surface area (Å²) >= 11 is 1.53. The number of nitrogens with zero attached hydrogens (tertiary/aromatic N) is 1. The van der Waals surface area contributed by atoms with Crippen molar-refractivity contribution in [3.8, 4) is 0 Å². The lowest BCUT2D eigenvalue weighted by molar-refractivity contribution is -0.144. The third-order valence-electron chi connectivity index (χ3n) is 9.27. The van der Waals surface area contributed by atoms with Crippen molar-refractivity contribution in [1.29, 1.82) is 0 Å².